The fraction of sp³-hybridized carbons (Fsp3) is 0. The van der Waals surface area contributed by atoms with Crippen molar-refractivity contribution in [2.24, 2.45) is 5.84 Å². The second-order valence-electron chi connectivity index (χ2n) is 3.25. The third-order valence-corrected chi connectivity index (χ3v) is 2.56. The lowest BCUT2D eigenvalue weighted by Gasteiger charge is -2.08. The van der Waals surface area contributed by atoms with Gasteiger partial charge in [0, 0.05) is 0 Å². The van der Waals surface area contributed by atoms with E-state index in [0.717, 1.165) is 4.68 Å². The van der Waals surface area contributed by atoms with E-state index in [-0.39, 0.29) is 10.7 Å². The molecular weight excluding hydrogens is 244 g/mol. The molecule has 7 heteroatoms. The summed E-state index contributed by atoms with van der Waals surface area (Å²) in [7, 11) is 0. The van der Waals surface area contributed by atoms with Crippen LogP contribution in [0.1, 0.15) is 0 Å². The molecule has 0 aliphatic carbocycles. The number of nitrogen functional groups attached to an aromatic ring is 1. The lowest BCUT2D eigenvalue weighted by Crippen LogP contribution is -2.32. The summed E-state index contributed by atoms with van der Waals surface area (Å²) >= 11 is 5.76. The first kappa shape index (κ1) is 11.4. The molecule has 0 unspecified atom stereocenters. The molecular formula is C10H9ClN4O2. The Balaban J connectivity index is 2.75. The van der Waals surface area contributed by atoms with Crippen molar-refractivity contribution in [3.8, 4) is 5.69 Å². The molecule has 0 bridgehead atoms. The van der Waals surface area contributed by atoms with Crippen LogP contribution in [-0.4, -0.2) is 9.78 Å². The van der Waals surface area contributed by atoms with Gasteiger partial charge in [-0.3, -0.25) is 20.5 Å². The van der Waals surface area contributed by atoms with Gasteiger partial charge in [0.2, 0.25) is 0 Å². The SMILES string of the molecule is NNc1c(Cl)c(=O)n(-c2ccccc2)[nH]c1=O. The van der Waals surface area contributed by atoms with Crippen LogP contribution in [0.5, 0.6) is 0 Å². The van der Waals surface area contributed by atoms with Crippen molar-refractivity contribution in [1.29, 1.82) is 0 Å². The lowest BCUT2D eigenvalue weighted by atomic mass is 10.3. The van der Waals surface area contributed by atoms with Crippen molar-refractivity contribution < 1.29 is 0 Å². The van der Waals surface area contributed by atoms with Crippen LogP contribution in [0.25, 0.3) is 5.69 Å². The Morgan fingerprint density at radius 2 is 1.88 bits per heavy atom. The number of para-hydroxylation sites is 1. The van der Waals surface area contributed by atoms with Gasteiger partial charge < -0.3 is 5.43 Å². The Kier molecular flexibility index (Phi) is 2.99. The quantitative estimate of drug-likeness (QED) is 0.535. The maximum Gasteiger partial charge on any atom is 0.290 e. The first-order valence-corrected chi connectivity index (χ1v) is 5.10. The maximum atomic E-state index is 11.9. The number of hydrogen-bond donors (Lipinski definition) is 3. The summed E-state index contributed by atoms with van der Waals surface area (Å²) in [6.07, 6.45) is 0. The number of rotatable bonds is 2. The van der Waals surface area contributed by atoms with Gasteiger partial charge in [0.05, 0.1) is 5.69 Å². The van der Waals surface area contributed by atoms with E-state index in [0.29, 0.717) is 5.69 Å². The number of hydrazine groups is 1. The largest absolute Gasteiger partial charge is 0.318 e. The molecule has 0 amide bonds. The number of hydrogen-bond acceptors (Lipinski definition) is 4. The molecule has 2 rings (SSSR count). The molecule has 6 nitrogen and oxygen atoms in total. The van der Waals surface area contributed by atoms with E-state index < -0.39 is 11.1 Å². The summed E-state index contributed by atoms with van der Waals surface area (Å²) in [6, 6.07) is 8.61. The molecule has 0 saturated heterocycles. The van der Waals surface area contributed by atoms with Gasteiger partial charge in [-0.05, 0) is 12.1 Å². The molecule has 0 atom stereocenters. The summed E-state index contributed by atoms with van der Waals surface area (Å²) in [5, 5.41) is 2.12. The summed E-state index contributed by atoms with van der Waals surface area (Å²) in [5.74, 6) is 5.11. The van der Waals surface area contributed by atoms with Crippen LogP contribution < -0.4 is 22.4 Å². The number of anilines is 1. The molecule has 0 radical (unpaired) electrons. The highest BCUT2D eigenvalue weighted by atomic mass is 35.5. The fourth-order valence-corrected chi connectivity index (χ4v) is 1.63. The predicted molar refractivity (Wildman–Crippen MR) is 65.5 cm³/mol. The molecule has 4 N–H and O–H groups in total. The molecule has 2 aromatic rings. The average molecular weight is 253 g/mol. The number of halogens is 1. The third kappa shape index (κ3) is 1.95. The zero-order valence-electron chi connectivity index (χ0n) is 8.61. The van der Waals surface area contributed by atoms with E-state index >= 15 is 0 Å². The van der Waals surface area contributed by atoms with E-state index in [4.69, 9.17) is 17.4 Å². The molecule has 0 aliphatic rings. The van der Waals surface area contributed by atoms with Crippen LogP contribution in [0, 0.1) is 0 Å². The molecule has 0 fully saturated rings. The zero-order chi connectivity index (χ0) is 12.4. The van der Waals surface area contributed by atoms with E-state index in [1.54, 1.807) is 30.3 Å². The maximum absolute atomic E-state index is 11.9. The van der Waals surface area contributed by atoms with Gasteiger partial charge in [0.25, 0.3) is 11.1 Å². The second-order valence-corrected chi connectivity index (χ2v) is 3.63. The predicted octanol–water partition coefficient (Wildman–Crippen LogP) is 0.465. The van der Waals surface area contributed by atoms with Crippen LogP contribution in [0.2, 0.25) is 5.02 Å². The lowest BCUT2D eigenvalue weighted by molar-refractivity contribution is 0.787. The normalized spacial score (nSPS) is 10.2. The number of aromatic amines is 1. The van der Waals surface area contributed by atoms with Gasteiger partial charge in [-0.25, -0.2) is 4.68 Å². The highest BCUT2D eigenvalue weighted by molar-refractivity contribution is 6.32. The first-order valence-electron chi connectivity index (χ1n) is 4.72. The van der Waals surface area contributed by atoms with Crippen LogP contribution in [0.4, 0.5) is 5.69 Å². The van der Waals surface area contributed by atoms with Crippen molar-refractivity contribution in [1.82, 2.24) is 9.78 Å². The standard InChI is InChI=1S/C10H9ClN4O2/c11-7-8(13-12)9(16)14-15(10(7)17)6-4-2-1-3-5-6/h1-5,13H,12H2,(H,14,16). The molecule has 17 heavy (non-hydrogen) atoms. The topological polar surface area (TPSA) is 92.9 Å². The Morgan fingerprint density at radius 1 is 1.24 bits per heavy atom. The van der Waals surface area contributed by atoms with Crippen LogP contribution in [0.3, 0.4) is 0 Å². The summed E-state index contributed by atoms with van der Waals surface area (Å²) in [6.45, 7) is 0. The Labute approximate surface area is 101 Å². The smallest absolute Gasteiger partial charge is 0.290 e. The van der Waals surface area contributed by atoms with Gasteiger partial charge in [0.15, 0.2) is 0 Å². The van der Waals surface area contributed by atoms with Crippen molar-refractivity contribution in [3.63, 3.8) is 0 Å². The number of nitrogens with one attached hydrogen (secondary N) is 2. The Morgan fingerprint density at radius 3 is 2.47 bits per heavy atom. The third-order valence-electron chi connectivity index (χ3n) is 2.21. The van der Waals surface area contributed by atoms with Gasteiger partial charge in [-0.1, -0.05) is 29.8 Å². The van der Waals surface area contributed by atoms with E-state index in [1.165, 1.54) is 0 Å². The van der Waals surface area contributed by atoms with Gasteiger partial charge in [-0.15, -0.1) is 0 Å². The van der Waals surface area contributed by atoms with Gasteiger partial charge in [0.1, 0.15) is 10.7 Å². The molecule has 0 aliphatic heterocycles. The van der Waals surface area contributed by atoms with Crippen molar-refractivity contribution in [3.05, 3.63) is 56.1 Å². The monoisotopic (exact) mass is 252 g/mol. The Hall–Kier alpha value is -2.05. The fourth-order valence-electron chi connectivity index (χ4n) is 1.40. The van der Waals surface area contributed by atoms with E-state index in [1.807, 2.05) is 0 Å². The highest BCUT2D eigenvalue weighted by Crippen LogP contribution is 2.10. The van der Waals surface area contributed by atoms with Crippen molar-refractivity contribution >= 4 is 17.3 Å². The zero-order valence-corrected chi connectivity index (χ0v) is 9.36. The molecule has 1 heterocycles. The van der Waals surface area contributed by atoms with Crippen molar-refractivity contribution in [2.75, 3.05) is 5.43 Å². The number of benzene rings is 1. The van der Waals surface area contributed by atoms with Crippen LogP contribution >= 0.6 is 11.6 Å². The molecule has 1 aromatic carbocycles. The average Bonchev–Trinajstić information content (AvgIpc) is 2.35. The van der Waals surface area contributed by atoms with Crippen LogP contribution in [-0.2, 0) is 0 Å². The minimum atomic E-state index is -0.569. The van der Waals surface area contributed by atoms with E-state index in [9.17, 15) is 9.59 Å². The minimum absolute atomic E-state index is 0.149. The summed E-state index contributed by atoms with van der Waals surface area (Å²) in [5.41, 5.74) is 1.34. The first-order chi connectivity index (χ1) is 8.15. The van der Waals surface area contributed by atoms with Gasteiger partial charge >= 0.3 is 0 Å². The molecule has 88 valence electrons. The summed E-state index contributed by atoms with van der Waals surface area (Å²) in [4.78, 5) is 23.4. The number of aromatic nitrogens is 2. The number of nitrogens with zero attached hydrogens (tertiary/aromatic N) is 1. The van der Waals surface area contributed by atoms with Crippen molar-refractivity contribution in [2.45, 2.75) is 0 Å². The minimum Gasteiger partial charge on any atom is -0.318 e. The van der Waals surface area contributed by atoms with Gasteiger partial charge in [-0.2, -0.15) is 0 Å². The highest BCUT2D eigenvalue weighted by Gasteiger charge is 2.12. The molecule has 0 spiro atoms. The molecule has 0 saturated carbocycles. The number of nitrogens with two attached hydrogens (primary N) is 1. The Bertz CT molecular complexity index is 648. The summed E-state index contributed by atoms with van der Waals surface area (Å²) < 4.78 is 1.06. The second kappa shape index (κ2) is 4.44. The van der Waals surface area contributed by atoms with Crippen LogP contribution in [0.15, 0.2) is 39.9 Å². The molecule has 1 aromatic heterocycles. The number of H-pyrrole nitrogens is 1. The van der Waals surface area contributed by atoms with E-state index in [2.05, 4.69) is 10.5 Å².